The fourth-order valence-electron chi connectivity index (χ4n) is 4.38. The molecule has 0 bridgehead atoms. The van der Waals surface area contributed by atoms with Crippen LogP contribution in [0.1, 0.15) is 42.9 Å². The number of nitrogens with zero attached hydrogens (tertiary/aromatic N) is 4. The van der Waals surface area contributed by atoms with Crippen LogP contribution in [0.25, 0.3) is 16.7 Å². The van der Waals surface area contributed by atoms with Crippen LogP contribution >= 0.6 is 0 Å². The predicted molar refractivity (Wildman–Crippen MR) is 127 cm³/mol. The number of fused-ring (bicyclic) bond motifs is 1. The highest BCUT2D eigenvalue weighted by atomic mass is 16.5. The van der Waals surface area contributed by atoms with Crippen molar-refractivity contribution in [3.63, 3.8) is 0 Å². The first kappa shape index (κ1) is 22.3. The molecule has 2 heterocycles. The van der Waals surface area contributed by atoms with Crippen molar-refractivity contribution in [1.82, 2.24) is 14.5 Å². The number of aromatic carboxylic acids is 1. The van der Waals surface area contributed by atoms with Crippen molar-refractivity contribution in [3.8, 4) is 5.69 Å². The second kappa shape index (κ2) is 9.71. The number of carbonyl (C=O) groups is 1. The normalized spacial score (nSPS) is 15.9. The summed E-state index contributed by atoms with van der Waals surface area (Å²) in [6, 6.07) is 13.8. The highest BCUT2D eigenvalue weighted by Gasteiger charge is 2.22. The summed E-state index contributed by atoms with van der Waals surface area (Å²) >= 11 is 0. The predicted octanol–water partition coefficient (Wildman–Crippen LogP) is 4.18. The van der Waals surface area contributed by atoms with E-state index in [0.29, 0.717) is 0 Å². The second-order valence-electron chi connectivity index (χ2n) is 8.35. The van der Waals surface area contributed by atoms with Gasteiger partial charge in [0.1, 0.15) is 12.1 Å². The van der Waals surface area contributed by atoms with Crippen molar-refractivity contribution in [1.29, 1.82) is 0 Å². The quantitative estimate of drug-likeness (QED) is 0.571. The third-order valence-corrected chi connectivity index (χ3v) is 6.35. The van der Waals surface area contributed by atoms with Crippen LogP contribution < -0.4 is 4.90 Å². The van der Waals surface area contributed by atoms with Crippen molar-refractivity contribution in [2.75, 3.05) is 38.2 Å². The lowest BCUT2D eigenvalue weighted by Gasteiger charge is -2.38. The van der Waals surface area contributed by atoms with Gasteiger partial charge in [-0.15, -0.1) is 0 Å². The zero-order chi connectivity index (χ0) is 22.7. The molecule has 0 radical (unpaired) electrons. The van der Waals surface area contributed by atoms with Gasteiger partial charge in [-0.3, -0.25) is 9.47 Å². The van der Waals surface area contributed by atoms with Gasteiger partial charge in [0.05, 0.1) is 16.6 Å². The van der Waals surface area contributed by atoms with Gasteiger partial charge in [-0.25, -0.2) is 9.78 Å². The van der Waals surface area contributed by atoms with Gasteiger partial charge in [-0.05, 0) is 49.7 Å². The number of unbranched alkanes of at least 4 members (excludes halogenated alkanes) is 1. The first-order valence-electron chi connectivity index (χ1n) is 11.4. The maximum Gasteiger partial charge on any atom is 0.335 e. The number of ether oxygens (including phenoxy) is 1. The molecule has 1 aliphatic rings. The van der Waals surface area contributed by atoms with E-state index in [9.17, 15) is 9.90 Å². The summed E-state index contributed by atoms with van der Waals surface area (Å²) in [4.78, 5) is 21.0. The molecule has 1 saturated heterocycles. The maximum atomic E-state index is 11.4. The molecule has 3 aromatic rings. The van der Waals surface area contributed by atoms with Crippen molar-refractivity contribution in [2.24, 2.45) is 0 Å². The fourth-order valence-corrected chi connectivity index (χ4v) is 4.38. The van der Waals surface area contributed by atoms with E-state index in [4.69, 9.17) is 9.72 Å². The summed E-state index contributed by atoms with van der Waals surface area (Å²) < 4.78 is 7.65. The Hall–Kier alpha value is -2.90. The van der Waals surface area contributed by atoms with E-state index in [1.807, 2.05) is 6.07 Å². The topological polar surface area (TPSA) is 70.8 Å². The van der Waals surface area contributed by atoms with E-state index >= 15 is 0 Å². The molecule has 1 aromatic heterocycles. The van der Waals surface area contributed by atoms with Gasteiger partial charge in [-0.1, -0.05) is 19.4 Å². The van der Waals surface area contributed by atoms with Crippen LogP contribution in [-0.2, 0) is 11.2 Å². The number of carboxylic acid groups (broad SMARTS) is 1. The van der Waals surface area contributed by atoms with Crippen molar-refractivity contribution in [2.45, 2.75) is 39.3 Å². The van der Waals surface area contributed by atoms with Crippen LogP contribution in [0, 0.1) is 0 Å². The molecule has 1 N–H and O–H groups in total. The molecule has 1 fully saturated rings. The number of aromatic nitrogens is 2. The number of aryl methyl sites for hydroxylation is 1. The summed E-state index contributed by atoms with van der Waals surface area (Å²) in [5.41, 5.74) is 4.19. The molecule has 170 valence electrons. The molecule has 4 rings (SSSR count). The van der Waals surface area contributed by atoms with Gasteiger partial charge < -0.3 is 14.7 Å². The van der Waals surface area contributed by atoms with Gasteiger partial charge in [0.25, 0.3) is 0 Å². The molecule has 7 heteroatoms. The minimum absolute atomic E-state index is 0.137. The molecule has 1 aliphatic heterocycles. The Balaban J connectivity index is 1.67. The molecule has 0 aliphatic carbocycles. The van der Waals surface area contributed by atoms with Crippen LogP contribution in [-0.4, -0.2) is 65.0 Å². The van der Waals surface area contributed by atoms with Gasteiger partial charge >= 0.3 is 5.97 Å². The number of hydrogen-bond acceptors (Lipinski definition) is 5. The molecule has 0 amide bonds. The number of hydrogen-bond donors (Lipinski definition) is 1. The summed E-state index contributed by atoms with van der Waals surface area (Å²) in [5.74, 6) is 0.0424. The molecule has 1 atom stereocenters. The number of imidazole rings is 1. The average Bonchev–Trinajstić information content (AvgIpc) is 3.19. The first-order chi connectivity index (χ1) is 15.5. The van der Waals surface area contributed by atoms with E-state index in [-0.39, 0.29) is 11.8 Å². The minimum atomic E-state index is -0.930. The van der Waals surface area contributed by atoms with Crippen LogP contribution in [0.5, 0.6) is 0 Å². The first-order valence-corrected chi connectivity index (χ1v) is 11.4. The van der Waals surface area contributed by atoms with Crippen molar-refractivity contribution < 1.29 is 14.6 Å². The Kier molecular flexibility index (Phi) is 6.77. The Bertz CT molecular complexity index is 1090. The lowest BCUT2D eigenvalue weighted by Crippen LogP contribution is -2.50. The number of benzene rings is 2. The molecule has 0 saturated carbocycles. The van der Waals surface area contributed by atoms with Crippen LogP contribution in [0.3, 0.4) is 0 Å². The Morgan fingerprint density at radius 1 is 1.12 bits per heavy atom. The van der Waals surface area contributed by atoms with Gasteiger partial charge in [0.15, 0.2) is 0 Å². The standard InChI is InChI=1S/C25H32N4O3/c1-4-5-9-24-26-22-16-19(25(30)31)10-11-23(22)29(24)21-8-6-7-20(17-21)28-14-12-27(13-15-28)18(2)32-3/h6-8,10-11,16-18H,4-5,9,12-15H2,1-3H3,(H,30,31). The van der Waals surface area contributed by atoms with Crippen LogP contribution in [0.15, 0.2) is 42.5 Å². The number of carboxylic acids is 1. The minimum Gasteiger partial charge on any atom is -0.478 e. The zero-order valence-electron chi connectivity index (χ0n) is 19.1. The number of methoxy groups -OCH3 is 1. The number of anilines is 1. The Morgan fingerprint density at radius 2 is 1.88 bits per heavy atom. The maximum absolute atomic E-state index is 11.4. The summed E-state index contributed by atoms with van der Waals surface area (Å²) in [6.45, 7) is 8.09. The molecule has 32 heavy (non-hydrogen) atoms. The summed E-state index contributed by atoms with van der Waals surface area (Å²) in [6.07, 6.45) is 3.10. The fraction of sp³-hybridized carbons (Fsp3) is 0.440. The average molecular weight is 437 g/mol. The van der Waals surface area contributed by atoms with Gasteiger partial charge in [0, 0.05) is 51.1 Å². The molecular formula is C25H32N4O3. The lowest BCUT2D eigenvalue weighted by molar-refractivity contribution is -0.0212. The highest BCUT2D eigenvalue weighted by molar-refractivity contribution is 5.93. The lowest BCUT2D eigenvalue weighted by atomic mass is 10.2. The molecule has 2 aromatic carbocycles. The van der Waals surface area contributed by atoms with Crippen molar-refractivity contribution in [3.05, 3.63) is 53.9 Å². The van der Waals surface area contributed by atoms with E-state index in [2.05, 4.69) is 52.5 Å². The molecule has 1 unspecified atom stereocenters. The molecular weight excluding hydrogens is 404 g/mol. The summed E-state index contributed by atoms with van der Waals surface area (Å²) in [5, 5.41) is 9.38. The Labute approximate surface area is 189 Å². The van der Waals surface area contributed by atoms with E-state index in [1.54, 1.807) is 19.2 Å². The van der Waals surface area contributed by atoms with E-state index < -0.39 is 5.97 Å². The Morgan fingerprint density at radius 3 is 2.56 bits per heavy atom. The second-order valence-corrected chi connectivity index (χ2v) is 8.35. The van der Waals surface area contributed by atoms with Gasteiger partial charge in [-0.2, -0.15) is 0 Å². The molecule has 7 nitrogen and oxygen atoms in total. The number of piperazine rings is 1. The molecule has 0 spiro atoms. The third kappa shape index (κ3) is 4.49. The summed E-state index contributed by atoms with van der Waals surface area (Å²) in [7, 11) is 1.76. The smallest absolute Gasteiger partial charge is 0.335 e. The monoisotopic (exact) mass is 436 g/mol. The third-order valence-electron chi connectivity index (χ3n) is 6.35. The highest BCUT2D eigenvalue weighted by Crippen LogP contribution is 2.27. The van der Waals surface area contributed by atoms with Crippen molar-refractivity contribution >= 4 is 22.7 Å². The SMILES string of the molecule is CCCCc1nc2cc(C(=O)O)ccc2n1-c1cccc(N2CCN(C(C)OC)CC2)c1. The number of rotatable bonds is 8. The van der Waals surface area contributed by atoms with E-state index in [1.165, 1.54) is 5.69 Å². The largest absolute Gasteiger partial charge is 0.478 e. The van der Waals surface area contributed by atoms with Crippen LogP contribution in [0.4, 0.5) is 5.69 Å². The van der Waals surface area contributed by atoms with E-state index in [0.717, 1.165) is 68.0 Å². The van der Waals surface area contributed by atoms with Gasteiger partial charge in [0.2, 0.25) is 0 Å². The zero-order valence-corrected chi connectivity index (χ0v) is 19.1. The van der Waals surface area contributed by atoms with Crippen LogP contribution in [0.2, 0.25) is 0 Å².